The van der Waals surface area contributed by atoms with E-state index in [0.29, 0.717) is 0 Å². The predicted octanol–water partition coefficient (Wildman–Crippen LogP) is 3.41. The Hall–Kier alpha value is -1.53. The van der Waals surface area contributed by atoms with Gasteiger partial charge in [-0.2, -0.15) is 5.26 Å². The van der Waals surface area contributed by atoms with Crippen LogP contribution in [0, 0.1) is 17.2 Å². The lowest BCUT2D eigenvalue weighted by Gasteiger charge is -2.29. The summed E-state index contributed by atoms with van der Waals surface area (Å²) < 4.78 is 5.37. The maximum Gasteiger partial charge on any atom is 0.122 e. The van der Waals surface area contributed by atoms with Crippen molar-refractivity contribution in [2.75, 3.05) is 21.2 Å². The molecule has 0 radical (unpaired) electrons. The molecule has 0 spiro atoms. The molecule has 104 valence electrons. The van der Waals surface area contributed by atoms with Gasteiger partial charge in [0.2, 0.25) is 0 Å². The lowest BCUT2D eigenvalue weighted by Crippen LogP contribution is -2.26. The van der Waals surface area contributed by atoms with Crippen LogP contribution >= 0.6 is 0 Å². The van der Waals surface area contributed by atoms with Crippen LogP contribution in [-0.4, -0.2) is 26.1 Å². The molecule has 0 N–H and O–H groups in total. The zero-order chi connectivity index (χ0) is 14.4. The van der Waals surface area contributed by atoms with E-state index in [0.717, 1.165) is 18.6 Å². The van der Waals surface area contributed by atoms with Gasteiger partial charge >= 0.3 is 0 Å². The summed E-state index contributed by atoms with van der Waals surface area (Å²) in [6.07, 6.45) is 1.79. The van der Waals surface area contributed by atoms with E-state index in [1.807, 2.05) is 20.2 Å². The highest BCUT2D eigenvalue weighted by molar-refractivity contribution is 5.39. The average molecular weight is 260 g/mol. The lowest BCUT2D eigenvalue weighted by molar-refractivity contribution is 0.241. The van der Waals surface area contributed by atoms with E-state index in [9.17, 15) is 5.26 Å². The van der Waals surface area contributed by atoms with E-state index in [4.69, 9.17) is 4.74 Å². The molecule has 2 unspecified atom stereocenters. The molecule has 0 aromatic heterocycles. The smallest absolute Gasteiger partial charge is 0.122 e. The van der Waals surface area contributed by atoms with Gasteiger partial charge in [0.15, 0.2) is 0 Å². The number of hydrogen-bond acceptors (Lipinski definition) is 3. The SMILES string of the molecule is CCc1cc(C(C(C#N)CC)N(C)C)ccc1OC. The molecule has 0 bridgehead atoms. The van der Waals surface area contributed by atoms with E-state index in [1.54, 1.807) is 7.11 Å². The van der Waals surface area contributed by atoms with Gasteiger partial charge in [0.05, 0.1) is 25.1 Å². The first kappa shape index (κ1) is 15.5. The van der Waals surface area contributed by atoms with Crippen molar-refractivity contribution >= 4 is 0 Å². The van der Waals surface area contributed by atoms with Crippen molar-refractivity contribution in [2.45, 2.75) is 32.7 Å². The van der Waals surface area contributed by atoms with Crippen molar-refractivity contribution in [3.63, 3.8) is 0 Å². The molecule has 0 heterocycles. The number of benzene rings is 1. The number of hydrogen-bond donors (Lipinski definition) is 0. The third-order valence-electron chi connectivity index (χ3n) is 3.57. The number of aryl methyl sites for hydroxylation is 1. The molecular weight excluding hydrogens is 236 g/mol. The molecule has 0 aliphatic rings. The summed E-state index contributed by atoms with van der Waals surface area (Å²) in [6.45, 7) is 4.18. The highest BCUT2D eigenvalue weighted by Gasteiger charge is 2.24. The topological polar surface area (TPSA) is 36.3 Å². The van der Waals surface area contributed by atoms with Crippen LogP contribution in [0.1, 0.15) is 37.4 Å². The Morgan fingerprint density at radius 1 is 1.32 bits per heavy atom. The van der Waals surface area contributed by atoms with E-state index in [1.165, 1.54) is 11.1 Å². The van der Waals surface area contributed by atoms with E-state index in [2.05, 4.69) is 36.9 Å². The number of ether oxygens (including phenoxy) is 1. The molecule has 3 heteroatoms. The largest absolute Gasteiger partial charge is 0.496 e. The van der Waals surface area contributed by atoms with Gasteiger partial charge in [0.25, 0.3) is 0 Å². The first-order valence-electron chi connectivity index (χ1n) is 6.81. The Kier molecular flexibility index (Phi) is 5.85. The van der Waals surface area contributed by atoms with Crippen molar-refractivity contribution in [2.24, 2.45) is 5.92 Å². The summed E-state index contributed by atoms with van der Waals surface area (Å²) >= 11 is 0. The fraction of sp³-hybridized carbons (Fsp3) is 0.562. The Morgan fingerprint density at radius 2 is 2.00 bits per heavy atom. The second-order valence-electron chi connectivity index (χ2n) is 4.98. The van der Waals surface area contributed by atoms with Crippen LogP contribution in [0.3, 0.4) is 0 Å². The van der Waals surface area contributed by atoms with Crippen molar-refractivity contribution in [3.05, 3.63) is 29.3 Å². The molecule has 0 fully saturated rings. The van der Waals surface area contributed by atoms with Gasteiger partial charge in [0, 0.05) is 0 Å². The van der Waals surface area contributed by atoms with Crippen LogP contribution in [0.4, 0.5) is 0 Å². The normalized spacial score (nSPS) is 13.9. The van der Waals surface area contributed by atoms with Crippen LogP contribution in [0.5, 0.6) is 5.75 Å². The van der Waals surface area contributed by atoms with Crippen LogP contribution in [0.2, 0.25) is 0 Å². The molecule has 0 aliphatic heterocycles. The molecule has 0 aliphatic carbocycles. The number of nitriles is 1. The van der Waals surface area contributed by atoms with Crippen molar-refractivity contribution in [3.8, 4) is 11.8 Å². The van der Waals surface area contributed by atoms with Gasteiger partial charge in [-0.25, -0.2) is 0 Å². The highest BCUT2D eigenvalue weighted by atomic mass is 16.5. The third-order valence-corrected chi connectivity index (χ3v) is 3.57. The van der Waals surface area contributed by atoms with Gasteiger partial charge in [0.1, 0.15) is 5.75 Å². The summed E-state index contributed by atoms with van der Waals surface area (Å²) in [5.41, 5.74) is 2.38. The van der Waals surface area contributed by atoms with Gasteiger partial charge in [-0.15, -0.1) is 0 Å². The standard InChI is InChI=1S/C16H24N2O/c1-6-12-10-14(8-9-15(12)19-5)16(18(3)4)13(7-2)11-17/h8-10,13,16H,6-7H2,1-5H3. The molecule has 0 saturated carbocycles. The second-order valence-corrected chi connectivity index (χ2v) is 4.98. The molecule has 1 aromatic rings. The summed E-state index contributed by atoms with van der Waals surface area (Å²) in [5, 5.41) is 9.33. The minimum absolute atomic E-state index is 0.00750. The summed E-state index contributed by atoms with van der Waals surface area (Å²) in [6, 6.07) is 8.81. The quantitative estimate of drug-likeness (QED) is 0.786. The first-order valence-corrected chi connectivity index (χ1v) is 6.81. The van der Waals surface area contributed by atoms with E-state index >= 15 is 0 Å². The van der Waals surface area contributed by atoms with Crippen molar-refractivity contribution in [1.29, 1.82) is 5.26 Å². The molecule has 0 amide bonds. The van der Waals surface area contributed by atoms with Gasteiger partial charge in [-0.1, -0.05) is 26.0 Å². The lowest BCUT2D eigenvalue weighted by atomic mass is 9.90. The molecule has 1 aromatic carbocycles. The van der Waals surface area contributed by atoms with Gasteiger partial charge < -0.3 is 9.64 Å². The molecule has 1 rings (SSSR count). The molecule has 0 saturated heterocycles. The fourth-order valence-corrected chi connectivity index (χ4v) is 2.53. The number of rotatable bonds is 6. The van der Waals surface area contributed by atoms with Crippen LogP contribution < -0.4 is 4.74 Å². The Bertz CT molecular complexity index is 449. The van der Waals surface area contributed by atoms with Crippen LogP contribution in [0.15, 0.2) is 18.2 Å². The van der Waals surface area contributed by atoms with Gasteiger partial charge in [-0.3, -0.25) is 0 Å². The molecule has 2 atom stereocenters. The zero-order valence-electron chi connectivity index (χ0n) is 12.6. The maximum atomic E-state index is 9.33. The van der Waals surface area contributed by atoms with E-state index in [-0.39, 0.29) is 12.0 Å². The highest BCUT2D eigenvalue weighted by Crippen LogP contribution is 2.32. The van der Waals surface area contributed by atoms with Crippen molar-refractivity contribution in [1.82, 2.24) is 4.90 Å². The van der Waals surface area contributed by atoms with Crippen LogP contribution in [-0.2, 0) is 6.42 Å². The second kappa shape index (κ2) is 7.16. The van der Waals surface area contributed by atoms with Gasteiger partial charge in [-0.05, 0) is 44.1 Å². The minimum Gasteiger partial charge on any atom is -0.496 e. The zero-order valence-corrected chi connectivity index (χ0v) is 12.6. The Balaban J connectivity index is 3.21. The number of nitrogens with zero attached hydrogens (tertiary/aromatic N) is 2. The number of methoxy groups -OCH3 is 1. The fourth-order valence-electron chi connectivity index (χ4n) is 2.53. The van der Waals surface area contributed by atoms with E-state index < -0.39 is 0 Å². The molecular formula is C16H24N2O. The summed E-state index contributed by atoms with van der Waals surface area (Å²) in [5.74, 6) is 0.932. The first-order chi connectivity index (χ1) is 9.08. The van der Waals surface area contributed by atoms with Crippen molar-refractivity contribution < 1.29 is 4.74 Å². The molecule has 19 heavy (non-hydrogen) atoms. The summed E-state index contributed by atoms with van der Waals surface area (Å²) in [4.78, 5) is 2.12. The maximum absolute atomic E-state index is 9.33. The Labute approximate surface area is 116 Å². The predicted molar refractivity (Wildman–Crippen MR) is 78.2 cm³/mol. The average Bonchev–Trinajstić information content (AvgIpc) is 2.43. The van der Waals surface area contributed by atoms with Crippen LogP contribution in [0.25, 0.3) is 0 Å². The molecule has 3 nitrogen and oxygen atoms in total. The third kappa shape index (κ3) is 3.48. The monoisotopic (exact) mass is 260 g/mol. The minimum atomic E-state index is 0.00750. The Morgan fingerprint density at radius 3 is 2.42 bits per heavy atom. The summed E-state index contributed by atoms with van der Waals surface area (Å²) in [7, 11) is 5.75.